The molecule has 0 saturated carbocycles. The Morgan fingerprint density at radius 3 is 2.62 bits per heavy atom. The van der Waals surface area contributed by atoms with Crippen LogP contribution in [0.4, 0.5) is 4.39 Å². The number of pyridine rings is 1. The molecule has 0 radical (unpaired) electrons. The van der Waals surface area contributed by atoms with Gasteiger partial charge in [0.1, 0.15) is 5.56 Å². The second kappa shape index (κ2) is 9.36. The van der Waals surface area contributed by atoms with Crippen LogP contribution in [0.3, 0.4) is 0 Å². The fraction of sp³-hybridized carbons (Fsp3) is 0.381. The topological polar surface area (TPSA) is 80.6 Å². The van der Waals surface area contributed by atoms with Crippen molar-refractivity contribution in [2.75, 3.05) is 26.2 Å². The second-order valence-electron chi connectivity index (χ2n) is 7.10. The van der Waals surface area contributed by atoms with E-state index in [1.165, 1.54) is 16.7 Å². The van der Waals surface area contributed by atoms with E-state index < -0.39 is 5.82 Å². The van der Waals surface area contributed by atoms with E-state index in [0.717, 1.165) is 12.8 Å². The van der Waals surface area contributed by atoms with E-state index in [4.69, 9.17) is 4.74 Å². The molecule has 154 valence electrons. The first-order valence-corrected chi connectivity index (χ1v) is 9.54. The third kappa shape index (κ3) is 5.22. The summed E-state index contributed by atoms with van der Waals surface area (Å²) in [6.45, 7) is 1.27. The number of hydrogen-bond acceptors (Lipinski definition) is 4. The maximum atomic E-state index is 13.5. The number of para-hydroxylation sites is 1. The zero-order chi connectivity index (χ0) is 20.8. The standard InChI is InChI=1S/C21H24FN3O4/c1-24-10-4-5-16(20(24)27)21(28)25-11-8-15(9-12-25)13-23-19(26)14-29-18-7-3-2-6-17(18)22/h2-7,10,15H,8-9,11-14H2,1H3,(H,23,26). The third-order valence-corrected chi connectivity index (χ3v) is 5.04. The smallest absolute Gasteiger partial charge is 0.263 e. The number of aryl methyl sites for hydroxylation is 1. The van der Waals surface area contributed by atoms with E-state index in [2.05, 4.69) is 5.32 Å². The number of benzene rings is 1. The quantitative estimate of drug-likeness (QED) is 0.797. The predicted molar refractivity (Wildman–Crippen MR) is 105 cm³/mol. The van der Waals surface area contributed by atoms with Gasteiger partial charge in [-0.15, -0.1) is 0 Å². The SMILES string of the molecule is Cn1cccc(C(=O)N2CCC(CNC(=O)COc3ccccc3F)CC2)c1=O. The number of hydrogen-bond donors (Lipinski definition) is 1. The molecule has 1 saturated heterocycles. The van der Waals surface area contributed by atoms with Gasteiger partial charge in [0.05, 0.1) is 0 Å². The number of likely N-dealkylation sites (tertiary alicyclic amines) is 1. The van der Waals surface area contributed by atoms with Crippen LogP contribution in [0.2, 0.25) is 0 Å². The Morgan fingerprint density at radius 2 is 1.90 bits per heavy atom. The van der Waals surface area contributed by atoms with Gasteiger partial charge in [-0.05, 0) is 43.0 Å². The van der Waals surface area contributed by atoms with Crippen LogP contribution in [0.15, 0.2) is 47.4 Å². The summed E-state index contributed by atoms with van der Waals surface area (Å²) < 4.78 is 20.1. The van der Waals surface area contributed by atoms with Crippen LogP contribution in [-0.4, -0.2) is 47.5 Å². The Hall–Kier alpha value is -3.16. The number of carbonyl (C=O) groups excluding carboxylic acids is 2. The Balaban J connectivity index is 1.42. The number of ether oxygens (including phenoxy) is 1. The van der Waals surface area contributed by atoms with Crippen molar-refractivity contribution in [3.05, 3.63) is 64.3 Å². The molecule has 0 atom stereocenters. The van der Waals surface area contributed by atoms with Crippen molar-refractivity contribution in [3.8, 4) is 5.75 Å². The van der Waals surface area contributed by atoms with Crippen LogP contribution in [0.1, 0.15) is 23.2 Å². The lowest BCUT2D eigenvalue weighted by atomic mass is 9.96. The van der Waals surface area contributed by atoms with Crippen molar-refractivity contribution in [1.82, 2.24) is 14.8 Å². The number of carbonyl (C=O) groups is 2. The second-order valence-corrected chi connectivity index (χ2v) is 7.10. The third-order valence-electron chi connectivity index (χ3n) is 5.04. The zero-order valence-electron chi connectivity index (χ0n) is 16.3. The fourth-order valence-corrected chi connectivity index (χ4v) is 3.28. The van der Waals surface area contributed by atoms with Gasteiger partial charge in [0.2, 0.25) is 0 Å². The lowest BCUT2D eigenvalue weighted by molar-refractivity contribution is -0.123. The molecule has 8 heteroatoms. The number of halogens is 1. The van der Waals surface area contributed by atoms with Gasteiger partial charge in [-0.2, -0.15) is 0 Å². The van der Waals surface area contributed by atoms with Gasteiger partial charge in [-0.1, -0.05) is 12.1 Å². The predicted octanol–water partition coefficient (Wildman–Crippen LogP) is 1.57. The molecule has 7 nitrogen and oxygen atoms in total. The Labute approximate surface area is 168 Å². The van der Waals surface area contributed by atoms with E-state index in [1.54, 1.807) is 42.4 Å². The number of amides is 2. The normalized spacial score (nSPS) is 14.5. The van der Waals surface area contributed by atoms with Crippen molar-refractivity contribution in [1.29, 1.82) is 0 Å². The van der Waals surface area contributed by atoms with Crippen molar-refractivity contribution < 1.29 is 18.7 Å². The first kappa shape index (κ1) is 20.6. The molecule has 1 aromatic heterocycles. The molecule has 2 aromatic rings. The summed E-state index contributed by atoms with van der Waals surface area (Å²) in [5, 5.41) is 2.79. The minimum Gasteiger partial charge on any atom is -0.481 e. The molecule has 2 amide bonds. The molecule has 1 N–H and O–H groups in total. The Morgan fingerprint density at radius 1 is 1.17 bits per heavy atom. The highest BCUT2D eigenvalue weighted by atomic mass is 19.1. The monoisotopic (exact) mass is 401 g/mol. The van der Waals surface area contributed by atoms with Crippen molar-refractivity contribution in [2.45, 2.75) is 12.8 Å². The van der Waals surface area contributed by atoms with Crippen molar-refractivity contribution in [3.63, 3.8) is 0 Å². The molecule has 0 unspecified atom stereocenters. The summed E-state index contributed by atoms with van der Waals surface area (Å²) in [6, 6.07) is 9.15. The van der Waals surface area contributed by atoms with Crippen molar-refractivity contribution in [2.24, 2.45) is 13.0 Å². The minimum absolute atomic E-state index is 0.0431. The van der Waals surface area contributed by atoms with E-state index >= 15 is 0 Å². The summed E-state index contributed by atoms with van der Waals surface area (Å²) >= 11 is 0. The average molecular weight is 401 g/mol. The van der Waals surface area contributed by atoms with E-state index in [9.17, 15) is 18.8 Å². The van der Waals surface area contributed by atoms with Crippen LogP contribution < -0.4 is 15.6 Å². The summed E-state index contributed by atoms with van der Waals surface area (Å²) in [4.78, 5) is 38.3. The summed E-state index contributed by atoms with van der Waals surface area (Å²) in [7, 11) is 1.62. The van der Waals surface area contributed by atoms with E-state index in [1.807, 2.05) is 0 Å². The van der Waals surface area contributed by atoms with Crippen LogP contribution in [0, 0.1) is 11.7 Å². The highest BCUT2D eigenvalue weighted by Gasteiger charge is 2.25. The van der Waals surface area contributed by atoms with Crippen LogP contribution in [0.5, 0.6) is 5.75 Å². The van der Waals surface area contributed by atoms with Gasteiger partial charge in [-0.3, -0.25) is 14.4 Å². The van der Waals surface area contributed by atoms with E-state index in [-0.39, 0.29) is 41.2 Å². The molecule has 1 aromatic carbocycles. The molecule has 2 heterocycles. The molecule has 0 bridgehead atoms. The Kier molecular flexibility index (Phi) is 6.64. The van der Waals surface area contributed by atoms with Gasteiger partial charge < -0.3 is 19.5 Å². The van der Waals surface area contributed by atoms with Crippen LogP contribution in [-0.2, 0) is 11.8 Å². The molecular weight excluding hydrogens is 377 g/mol. The van der Waals surface area contributed by atoms with Gasteiger partial charge in [0, 0.05) is 32.9 Å². The molecule has 1 aliphatic heterocycles. The maximum absolute atomic E-state index is 13.5. The van der Waals surface area contributed by atoms with Gasteiger partial charge in [0.15, 0.2) is 18.2 Å². The minimum atomic E-state index is -0.509. The van der Waals surface area contributed by atoms with Crippen LogP contribution >= 0.6 is 0 Å². The molecular formula is C21H24FN3O4. The molecule has 0 aliphatic carbocycles. The molecule has 1 fully saturated rings. The van der Waals surface area contributed by atoms with Gasteiger partial charge in [0.25, 0.3) is 17.4 Å². The highest BCUT2D eigenvalue weighted by Crippen LogP contribution is 2.18. The zero-order valence-corrected chi connectivity index (χ0v) is 16.3. The lowest BCUT2D eigenvalue weighted by Crippen LogP contribution is -2.43. The summed E-state index contributed by atoms with van der Waals surface area (Å²) in [5.41, 5.74) is -0.131. The number of aromatic nitrogens is 1. The lowest BCUT2D eigenvalue weighted by Gasteiger charge is -2.32. The molecule has 3 rings (SSSR count). The van der Waals surface area contributed by atoms with Gasteiger partial charge >= 0.3 is 0 Å². The summed E-state index contributed by atoms with van der Waals surface area (Å²) in [5.74, 6) is -0.811. The largest absolute Gasteiger partial charge is 0.481 e. The number of rotatable bonds is 6. The molecule has 29 heavy (non-hydrogen) atoms. The number of nitrogens with one attached hydrogen (secondary N) is 1. The Bertz CT molecular complexity index is 936. The summed E-state index contributed by atoms with van der Waals surface area (Å²) in [6.07, 6.45) is 3.07. The fourth-order valence-electron chi connectivity index (χ4n) is 3.28. The molecule has 0 spiro atoms. The molecule has 1 aliphatic rings. The van der Waals surface area contributed by atoms with E-state index in [0.29, 0.717) is 19.6 Å². The van der Waals surface area contributed by atoms with Crippen molar-refractivity contribution >= 4 is 11.8 Å². The highest BCUT2D eigenvalue weighted by molar-refractivity contribution is 5.93. The van der Waals surface area contributed by atoms with Gasteiger partial charge in [-0.25, -0.2) is 4.39 Å². The number of piperidine rings is 1. The average Bonchev–Trinajstić information content (AvgIpc) is 2.73. The first-order valence-electron chi connectivity index (χ1n) is 9.54. The first-order chi connectivity index (χ1) is 14.0. The number of nitrogens with zero attached hydrogens (tertiary/aromatic N) is 2. The maximum Gasteiger partial charge on any atom is 0.263 e. The van der Waals surface area contributed by atoms with Crippen LogP contribution in [0.25, 0.3) is 0 Å².